The molecule has 0 fully saturated rings. The largest absolute Gasteiger partial charge is 0.334 e. The maximum absolute atomic E-state index is 12.1. The molecule has 3 heteroatoms. The summed E-state index contributed by atoms with van der Waals surface area (Å²) in [5.41, 5.74) is 4.69. The van der Waals surface area contributed by atoms with E-state index in [1.54, 1.807) is 0 Å². The van der Waals surface area contributed by atoms with Gasteiger partial charge in [0.15, 0.2) is 0 Å². The number of benzene rings is 2. The highest BCUT2D eigenvalue weighted by Crippen LogP contribution is 2.39. The van der Waals surface area contributed by atoms with Crippen molar-refractivity contribution < 1.29 is 4.79 Å². The Hall–Kier alpha value is -2.06. The fourth-order valence-electron chi connectivity index (χ4n) is 3.22. The van der Waals surface area contributed by atoms with E-state index in [4.69, 9.17) is 11.6 Å². The van der Waals surface area contributed by atoms with Crippen molar-refractivity contribution in [2.75, 3.05) is 6.54 Å². The van der Waals surface area contributed by atoms with Crippen LogP contribution in [0.15, 0.2) is 55.1 Å². The molecule has 0 aliphatic carbocycles. The molecule has 1 atom stereocenters. The van der Waals surface area contributed by atoms with E-state index in [2.05, 4.69) is 31.7 Å². The van der Waals surface area contributed by atoms with E-state index in [0.29, 0.717) is 13.1 Å². The van der Waals surface area contributed by atoms with Gasteiger partial charge in [0.2, 0.25) is 5.91 Å². The first-order valence-electron chi connectivity index (χ1n) is 7.36. The van der Waals surface area contributed by atoms with Crippen molar-refractivity contribution in [1.29, 1.82) is 0 Å². The van der Waals surface area contributed by atoms with Crippen molar-refractivity contribution in [3.8, 4) is 0 Å². The smallest absolute Gasteiger partial charge is 0.246 e. The van der Waals surface area contributed by atoms with Crippen molar-refractivity contribution in [1.82, 2.24) is 4.90 Å². The highest BCUT2D eigenvalue weighted by molar-refractivity contribution is 6.31. The molecule has 2 aromatic carbocycles. The monoisotopic (exact) mass is 311 g/mol. The number of amides is 1. The van der Waals surface area contributed by atoms with Crippen molar-refractivity contribution >= 4 is 17.5 Å². The molecule has 0 saturated heterocycles. The zero-order valence-corrected chi connectivity index (χ0v) is 13.3. The number of hydrogen-bond donors (Lipinski definition) is 0. The van der Waals surface area contributed by atoms with Crippen LogP contribution in [0.2, 0.25) is 5.02 Å². The number of carbonyl (C=O) groups is 1. The number of halogens is 1. The van der Waals surface area contributed by atoms with Crippen LogP contribution in [0, 0.1) is 6.92 Å². The Morgan fingerprint density at radius 3 is 2.77 bits per heavy atom. The molecule has 0 unspecified atom stereocenters. The van der Waals surface area contributed by atoms with Gasteiger partial charge in [-0.25, -0.2) is 0 Å². The minimum absolute atomic E-state index is 0.0378. The summed E-state index contributed by atoms with van der Waals surface area (Å²) in [6.07, 6.45) is 1.38. The molecule has 22 heavy (non-hydrogen) atoms. The van der Waals surface area contributed by atoms with Crippen LogP contribution in [0.25, 0.3) is 0 Å². The van der Waals surface area contributed by atoms with E-state index < -0.39 is 0 Å². The molecule has 1 heterocycles. The summed E-state index contributed by atoms with van der Waals surface area (Å²) >= 11 is 6.48. The summed E-state index contributed by atoms with van der Waals surface area (Å²) in [6.45, 7) is 6.92. The van der Waals surface area contributed by atoms with Crippen molar-refractivity contribution in [3.05, 3.63) is 82.4 Å². The van der Waals surface area contributed by atoms with E-state index in [1.807, 2.05) is 29.2 Å². The molecule has 0 bridgehead atoms. The van der Waals surface area contributed by atoms with Gasteiger partial charge < -0.3 is 4.90 Å². The van der Waals surface area contributed by atoms with E-state index >= 15 is 0 Å². The lowest BCUT2D eigenvalue weighted by Crippen LogP contribution is -2.38. The zero-order valence-electron chi connectivity index (χ0n) is 12.6. The normalized spacial score (nSPS) is 17.0. The lowest BCUT2D eigenvalue weighted by atomic mass is 9.83. The van der Waals surface area contributed by atoms with Crippen molar-refractivity contribution in [3.63, 3.8) is 0 Å². The van der Waals surface area contributed by atoms with Crippen LogP contribution in [-0.2, 0) is 11.3 Å². The Labute approximate surface area is 136 Å². The number of nitrogens with zero attached hydrogens (tertiary/aromatic N) is 1. The van der Waals surface area contributed by atoms with Crippen LogP contribution >= 0.6 is 11.6 Å². The third-order valence-electron chi connectivity index (χ3n) is 4.31. The topological polar surface area (TPSA) is 20.3 Å². The van der Waals surface area contributed by atoms with Crippen molar-refractivity contribution in [2.45, 2.75) is 19.4 Å². The first-order chi connectivity index (χ1) is 10.6. The molecule has 112 valence electrons. The molecular formula is C19H18ClNO. The molecule has 3 rings (SSSR count). The highest BCUT2D eigenvalue weighted by atomic mass is 35.5. The van der Waals surface area contributed by atoms with Gasteiger partial charge in [-0.3, -0.25) is 4.79 Å². The molecule has 0 N–H and O–H groups in total. The number of aryl methyl sites for hydroxylation is 1. The van der Waals surface area contributed by atoms with Gasteiger partial charge in [0, 0.05) is 24.0 Å². The van der Waals surface area contributed by atoms with E-state index in [9.17, 15) is 4.79 Å². The predicted molar refractivity (Wildman–Crippen MR) is 90.1 cm³/mol. The lowest BCUT2D eigenvalue weighted by Gasteiger charge is -2.35. The Balaban J connectivity index is 2.14. The maximum atomic E-state index is 12.1. The molecule has 1 amide bonds. The second-order valence-corrected chi connectivity index (χ2v) is 6.05. The first kappa shape index (κ1) is 14.9. The van der Waals surface area contributed by atoms with Crippen LogP contribution in [0.4, 0.5) is 0 Å². The molecule has 0 spiro atoms. The van der Waals surface area contributed by atoms with Gasteiger partial charge in [0.05, 0.1) is 0 Å². The average Bonchev–Trinajstić information content (AvgIpc) is 2.54. The number of carbonyl (C=O) groups excluding carboxylic acids is 1. The molecule has 0 saturated carbocycles. The second kappa shape index (κ2) is 5.98. The van der Waals surface area contributed by atoms with Crippen LogP contribution in [-0.4, -0.2) is 17.4 Å². The Kier molecular flexibility index (Phi) is 4.04. The molecule has 1 aliphatic rings. The SMILES string of the molecule is C=CC(=O)N1Cc2cccc(Cl)c2[C@@H](c2ccccc2C)C1. The quantitative estimate of drug-likeness (QED) is 0.757. The molecular weight excluding hydrogens is 294 g/mol. The Morgan fingerprint density at radius 1 is 1.27 bits per heavy atom. The fourth-order valence-corrected chi connectivity index (χ4v) is 3.55. The summed E-state index contributed by atoms with van der Waals surface area (Å²) in [6, 6.07) is 14.2. The predicted octanol–water partition coefficient (Wildman–Crippen LogP) is 4.31. The van der Waals surface area contributed by atoms with E-state index in [0.717, 1.165) is 16.1 Å². The van der Waals surface area contributed by atoms with Gasteiger partial charge >= 0.3 is 0 Å². The highest BCUT2D eigenvalue weighted by Gasteiger charge is 2.30. The van der Waals surface area contributed by atoms with Gasteiger partial charge in [-0.05, 0) is 41.3 Å². The Bertz CT molecular complexity index is 738. The molecule has 0 radical (unpaired) electrons. The molecule has 1 aliphatic heterocycles. The summed E-state index contributed by atoms with van der Waals surface area (Å²) in [4.78, 5) is 13.9. The third-order valence-corrected chi connectivity index (χ3v) is 4.64. The number of hydrogen-bond acceptors (Lipinski definition) is 1. The number of fused-ring (bicyclic) bond motifs is 1. The summed E-state index contributed by atoms with van der Waals surface area (Å²) < 4.78 is 0. The standard InChI is InChI=1S/C19H18ClNO/c1-3-18(22)21-11-14-8-6-10-17(20)19(14)16(12-21)15-9-5-4-7-13(15)2/h3-10,16H,1,11-12H2,2H3/t16-/m1/s1. The van der Waals surface area contributed by atoms with Crippen LogP contribution in [0.5, 0.6) is 0 Å². The number of rotatable bonds is 2. The van der Waals surface area contributed by atoms with Crippen LogP contribution in [0.3, 0.4) is 0 Å². The van der Waals surface area contributed by atoms with Gasteiger partial charge in [-0.1, -0.05) is 54.6 Å². The summed E-state index contributed by atoms with van der Waals surface area (Å²) in [7, 11) is 0. The van der Waals surface area contributed by atoms with Crippen LogP contribution < -0.4 is 0 Å². The minimum atomic E-state index is -0.0378. The van der Waals surface area contributed by atoms with E-state index in [-0.39, 0.29) is 11.8 Å². The van der Waals surface area contributed by atoms with Gasteiger partial charge in [0.1, 0.15) is 0 Å². The lowest BCUT2D eigenvalue weighted by molar-refractivity contribution is -0.127. The minimum Gasteiger partial charge on any atom is -0.334 e. The van der Waals surface area contributed by atoms with Gasteiger partial charge in [-0.2, -0.15) is 0 Å². The first-order valence-corrected chi connectivity index (χ1v) is 7.73. The van der Waals surface area contributed by atoms with Crippen molar-refractivity contribution in [2.24, 2.45) is 0 Å². The molecule has 2 nitrogen and oxygen atoms in total. The zero-order chi connectivity index (χ0) is 15.7. The maximum Gasteiger partial charge on any atom is 0.246 e. The Morgan fingerprint density at radius 2 is 2.05 bits per heavy atom. The van der Waals surface area contributed by atoms with Crippen LogP contribution in [0.1, 0.15) is 28.2 Å². The van der Waals surface area contributed by atoms with Gasteiger partial charge in [-0.15, -0.1) is 0 Å². The molecule has 2 aromatic rings. The third kappa shape index (κ3) is 2.55. The second-order valence-electron chi connectivity index (χ2n) is 5.64. The fraction of sp³-hybridized carbons (Fsp3) is 0.211. The average molecular weight is 312 g/mol. The van der Waals surface area contributed by atoms with E-state index in [1.165, 1.54) is 17.2 Å². The van der Waals surface area contributed by atoms with Gasteiger partial charge in [0.25, 0.3) is 0 Å². The summed E-state index contributed by atoms with van der Waals surface area (Å²) in [5, 5.41) is 0.774. The molecule has 0 aromatic heterocycles. The summed E-state index contributed by atoms with van der Waals surface area (Å²) in [5.74, 6) is 0.0618.